The van der Waals surface area contributed by atoms with Crippen LogP contribution in [0.5, 0.6) is 0 Å². The monoisotopic (exact) mass is 303 g/mol. The number of allylic oxidation sites excluding steroid dienone is 2. The molecule has 0 aliphatic heterocycles. The summed E-state index contributed by atoms with van der Waals surface area (Å²) in [5, 5.41) is 3.55. The van der Waals surface area contributed by atoms with Gasteiger partial charge in [0.2, 0.25) is 0 Å². The molecule has 3 saturated carbocycles. The van der Waals surface area contributed by atoms with Crippen LogP contribution in [0.3, 0.4) is 0 Å². The fourth-order valence-corrected chi connectivity index (χ4v) is 5.14. The Kier molecular flexibility index (Phi) is 5.65. The third-order valence-electron chi connectivity index (χ3n) is 6.91. The Hall–Kier alpha value is -0.300. The van der Waals surface area contributed by atoms with Crippen LogP contribution in [0.15, 0.2) is 11.1 Å². The number of hydrogen-bond acceptors (Lipinski definition) is 1. The van der Waals surface area contributed by atoms with Gasteiger partial charge in [-0.05, 0) is 88.5 Å². The summed E-state index contributed by atoms with van der Waals surface area (Å²) in [7, 11) is 2.16. The molecule has 1 heteroatoms. The Morgan fingerprint density at radius 1 is 1.09 bits per heavy atom. The molecule has 0 aromatic heterocycles. The van der Waals surface area contributed by atoms with E-state index in [-0.39, 0.29) is 0 Å². The summed E-state index contributed by atoms with van der Waals surface area (Å²) in [6.45, 7) is 4.78. The van der Waals surface area contributed by atoms with Crippen LogP contribution in [-0.4, -0.2) is 13.1 Å². The highest BCUT2D eigenvalue weighted by Gasteiger charge is 2.41. The highest BCUT2D eigenvalue weighted by atomic mass is 14.9. The summed E-state index contributed by atoms with van der Waals surface area (Å²) < 4.78 is 0. The first-order valence-electron chi connectivity index (χ1n) is 10.1. The summed E-state index contributed by atoms with van der Waals surface area (Å²) >= 11 is 0. The van der Waals surface area contributed by atoms with E-state index in [9.17, 15) is 0 Å². The first kappa shape index (κ1) is 16.6. The van der Waals surface area contributed by atoms with E-state index in [0.29, 0.717) is 0 Å². The van der Waals surface area contributed by atoms with Gasteiger partial charge in [-0.2, -0.15) is 0 Å². The highest BCUT2D eigenvalue weighted by Crippen LogP contribution is 2.51. The van der Waals surface area contributed by atoms with Gasteiger partial charge in [-0.1, -0.05) is 37.8 Å². The van der Waals surface area contributed by atoms with Gasteiger partial charge in [-0.3, -0.25) is 0 Å². The smallest absolute Gasteiger partial charge is 0.00668 e. The minimum Gasteiger partial charge on any atom is -0.317 e. The van der Waals surface area contributed by atoms with E-state index in [1.54, 1.807) is 0 Å². The normalized spacial score (nSPS) is 35.2. The molecule has 22 heavy (non-hydrogen) atoms. The zero-order valence-electron chi connectivity index (χ0n) is 15.2. The molecule has 0 amide bonds. The number of nitrogens with one attached hydrogen (secondary N) is 1. The van der Waals surface area contributed by atoms with E-state index in [1.165, 1.54) is 70.6 Å². The first-order valence-corrected chi connectivity index (χ1v) is 10.1. The van der Waals surface area contributed by atoms with Gasteiger partial charge in [0.1, 0.15) is 0 Å². The van der Waals surface area contributed by atoms with Gasteiger partial charge in [0.15, 0.2) is 0 Å². The second-order valence-electron chi connectivity index (χ2n) is 8.67. The fourth-order valence-electron chi connectivity index (χ4n) is 5.14. The van der Waals surface area contributed by atoms with E-state index in [2.05, 4.69) is 26.2 Å². The third kappa shape index (κ3) is 3.61. The molecule has 0 saturated heterocycles. The minimum atomic E-state index is 0.801. The lowest BCUT2D eigenvalue weighted by atomic mass is 9.58. The predicted octanol–water partition coefficient (Wildman–Crippen LogP) is 5.71. The summed E-state index contributed by atoms with van der Waals surface area (Å²) in [4.78, 5) is 0. The fraction of sp³-hybridized carbons (Fsp3) is 0.905. The largest absolute Gasteiger partial charge is 0.317 e. The Labute approximate surface area is 138 Å². The molecule has 4 atom stereocenters. The molecule has 0 bridgehead atoms. The molecule has 1 N–H and O–H groups in total. The van der Waals surface area contributed by atoms with Gasteiger partial charge in [-0.25, -0.2) is 0 Å². The first-order chi connectivity index (χ1) is 10.7. The van der Waals surface area contributed by atoms with Crippen molar-refractivity contribution in [3.63, 3.8) is 0 Å². The maximum atomic E-state index is 3.55. The summed E-state index contributed by atoms with van der Waals surface area (Å²) in [6.07, 6.45) is 16.0. The summed E-state index contributed by atoms with van der Waals surface area (Å²) in [5.74, 6) is 3.89. The molecule has 0 radical (unpaired) electrons. The van der Waals surface area contributed by atoms with Crippen LogP contribution < -0.4 is 5.32 Å². The quantitative estimate of drug-likeness (QED) is 0.620. The van der Waals surface area contributed by atoms with Crippen LogP contribution in [0.1, 0.15) is 84.5 Å². The van der Waals surface area contributed by atoms with Crippen LogP contribution in [0, 0.1) is 23.7 Å². The lowest BCUT2D eigenvalue weighted by Gasteiger charge is -2.47. The van der Waals surface area contributed by atoms with E-state index in [1.807, 2.05) is 11.1 Å². The van der Waals surface area contributed by atoms with Crippen molar-refractivity contribution in [3.05, 3.63) is 11.1 Å². The molecule has 4 unspecified atom stereocenters. The molecule has 1 nitrogen and oxygen atoms in total. The Morgan fingerprint density at radius 2 is 1.91 bits per heavy atom. The second kappa shape index (κ2) is 7.51. The molecule has 0 aromatic carbocycles. The van der Waals surface area contributed by atoms with Crippen LogP contribution >= 0.6 is 0 Å². The molecule has 3 aliphatic rings. The lowest BCUT2D eigenvalue weighted by molar-refractivity contribution is 0.0883. The standard InChI is InChI=1S/C21H37N/c1-15(2)10-11-19(16-6-4-7-16)21-13-12-20(21)17-8-5-9-18(14-17)22-3/h15,17-18,20-22H,4-14H2,1-3H3. The van der Waals surface area contributed by atoms with Gasteiger partial charge >= 0.3 is 0 Å². The molecular weight excluding hydrogens is 266 g/mol. The van der Waals surface area contributed by atoms with Crippen LogP contribution in [-0.2, 0) is 0 Å². The van der Waals surface area contributed by atoms with E-state index in [0.717, 1.165) is 29.7 Å². The molecule has 0 aromatic rings. The van der Waals surface area contributed by atoms with Gasteiger partial charge in [-0.15, -0.1) is 0 Å². The topological polar surface area (TPSA) is 12.0 Å². The van der Waals surface area contributed by atoms with Gasteiger partial charge in [0.05, 0.1) is 0 Å². The maximum absolute atomic E-state index is 3.55. The Bertz CT molecular complexity index is 389. The average molecular weight is 304 g/mol. The van der Waals surface area contributed by atoms with Gasteiger partial charge in [0, 0.05) is 6.04 Å². The molecule has 3 aliphatic carbocycles. The molecule has 3 rings (SSSR count). The second-order valence-corrected chi connectivity index (χ2v) is 8.67. The molecule has 126 valence electrons. The van der Waals surface area contributed by atoms with E-state index in [4.69, 9.17) is 0 Å². The SMILES string of the molecule is CNC1CCCC(C2CCC2C(CCC(C)C)=C2CCC2)C1. The maximum Gasteiger partial charge on any atom is 0.00668 e. The predicted molar refractivity (Wildman–Crippen MR) is 96.0 cm³/mol. The van der Waals surface area contributed by atoms with Crippen molar-refractivity contribution in [1.82, 2.24) is 5.32 Å². The van der Waals surface area contributed by atoms with Crippen LogP contribution in [0.2, 0.25) is 0 Å². The van der Waals surface area contributed by atoms with Crippen molar-refractivity contribution in [1.29, 1.82) is 0 Å². The molecule has 0 heterocycles. The zero-order valence-corrected chi connectivity index (χ0v) is 15.2. The van der Waals surface area contributed by atoms with Crippen molar-refractivity contribution in [2.45, 2.75) is 90.5 Å². The number of rotatable bonds is 6. The molecule has 3 fully saturated rings. The van der Waals surface area contributed by atoms with Crippen molar-refractivity contribution < 1.29 is 0 Å². The van der Waals surface area contributed by atoms with Crippen molar-refractivity contribution in [3.8, 4) is 0 Å². The average Bonchev–Trinajstić information content (AvgIpc) is 2.41. The van der Waals surface area contributed by atoms with Gasteiger partial charge < -0.3 is 5.32 Å². The van der Waals surface area contributed by atoms with E-state index >= 15 is 0 Å². The van der Waals surface area contributed by atoms with Crippen molar-refractivity contribution in [2.75, 3.05) is 7.05 Å². The molecule has 0 spiro atoms. The zero-order chi connectivity index (χ0) is 15.5. The van der Waals surface area contributed by atoms with Gasteiger partial charge in [0.25, 0.3) is 0 Å². The number of hydrogen-bond donors (Lipinski definition) is 1. The molecular formula is C21H37N. The van der Waals surface area contributed by atoms with Crippen LogP contribution in [0.25, 0.3) is 0 Å². The Balaban J connectivity index is 1.64. The van der Waals surface area contributed by atoms with Crippen molar-refractivity contribution >= 4 is 0 Å². The Morgan fingerprint density at radius 3 is 2.45 bits per heavy atom. The van der Waals surface area contributed by atoms with Crippen LogP contribution in [0.4, 0.5) is 0 Å². The minimum absolute atomic E-state index is 0.801. The summed E-state index contributed by atoms with van der Waals surface area (Å²) in [5.41, 5.74) is 3.83. The summed E-state index contributed by atoms with van der Waals surface area (Å²) in [6, 6.07) is 0.801. The van der Waals surface area contributed by atoms with E-state index < -0.39 is 0 Å². The van der Waals surface area contributed by atoms with Crippen molar-refractivity contribution in [2.24, 2.45) is 23.7 Å². The lowest BCUT2D eigenvalue weighted by Crippen LogP contribution is -2.40. The highest BCUT2D eigenvalue weighted by molar-refractivity contribution is 5.25. The third-order valence-corrected chi connectivity index (χ3v) is 6.91.